The van der Waals surface area contributed by atoms with Crippen LogP contribution in [0.5, 0.6) is 0 Å². The SMILES string of the molecule is Cc1ccc(S(=O)(=O)N(C)CC(=O)NNC(=O)CCc2ccc(F)cc2)cc1. The Hall–Kier alpha value is -2.78. The molecule has 0 heterocycles. The quantitative estimate of drug-likeness (QED) is 0.681. The van der Waals surface area contributed by atoms with Crippen molar-refractivity contribution in [2.75, 3.05) is 13.6 Å². The zero-order chi connectivity index (χ0) is 20.7. The van der Waals surface area contributed by atoms with E-state index in [4.69, 9.17) is 0 Å². The molecule has 0 unspecified atom stereocenters. The van der Waals surface area contributed by atoms with Gasteiger partial charge in [-0.25, -0.2) is 12.8 Å². The van der Waals surface area contributed by atoms with Crippen molar-refractivity contribution in [3.8, 4) is 0 Å². The number of likely N-dealkylation sites (N-methyl/N-ethyl adjacent to an activating group) is 1. The molecule has 0 radical (unpaired) electrons. The number of halogens is 1. The van der Waals surface area contributed by atoms with Gasteiger partial charge in [0.15, 0.2) is 0 Å². The zero-order valence-corrected chi connectivity index (χ0v) is 16.4. The number of carbonyl (C=O) groups excluding carboxylic acids is 2. The maximum absolute atomic E-state index is 12.8. The molecule has 0 fully saturated rings. The molecular weight excluding hydrogens is 385 g/mol. The van der Waals surface area contributed by atoms with E-state index in [2.05, 4.69) is 10.9 Å². The van der Waals surface area contributed by atoms with Crippen LogP contribution in [0.3, 0.4) is 0 Å². The van der Waals surface area contributed by atoms with Crippen molar-refractivity contribution in [3.05, 3.63) is 65.5 Å². The first kappa shape index (κ1) is 21.5. The maximum Gasteiger partial charge on any atom is 0.253 e. The minimum atomic E-state index is -3.81. The van der Waals surface area contributed by atoms with E-state index in [0.717, 1.165) is 15.4 Å². The Labute approximate surface area is 163 Å². The molecule has 28 heavy (non-hydrogen) atoms. The van der Waals surface area contributed by atoms with E-state index in [9.17, 15) is 22.4 Å². The van der Waals surface area contributed by atoms with Crippen LogP contribution in [0.1, 0.15) is 17.5 Å². The van der Waals surface area contributed by atoms with Crippen molar-refractivity contribution in [3.63, 3.8) is 0 Å². The summed E-state index contributed by atoms with van der Waals surface area (Å²) in [5.74, 6) is -1.47. The number of hydrogen-bond donors (Lipinski definition) is 2. The van der Waals surface area contributed by atoms with Crippen LogP contribution in [-0.2, 0) is 26.0 Å². The first-order chi connectivity index (χ1) is 13.2. The number of hydrogen-bond acceptors (Lipinski definition) is 4. The highest BCUT2D eigenvalue weighted by Crippen LogP contribution is 2.14. The molecule has 0 aromatic heterocycles. The summed E-state index contributed by atoms with van der Waals surface area (Å²) in [5.41, 5.74) is 6.12. The number of carbonyl (C=O) groups is 2. The molecule has 9 heteroatoms. The van der Waals surface area contributed by atoms with Gasteiger partial charge in [-0.05, 0) is 43.2 Å². The van der Waals surface area contributed by atoms with Crippen molar-refractivity contribution in [2.45, 2.75) is 24.7 Å². The Morgan fingerprint density at radius 3 is 2.14 bits per heavy atom. The van der Waals surface area contributed by atoms with Gasteiger partial charge in [-0.3, -0.25) is 20.4 Å². The van der Waals surface area contributed by atoms with Gasteiger partial charge < -0.3 is 0 Å². The third-order valence-corrected chi connectivity index (χ3v) is 5.81. The smallest absolute Gasteiger partial charge is 0.253 e. The molecule has 2 N–H and O–H groups in total. The highest BCUT2D eigenvalue weighted by atomic mass is 32.2. The molecule has 7 nitrogen and oxygen atoms in total. The number of benzene rings is 2. The molecule has 2 aromatic rings. The van der Waals surface area contributed by atoms with Crippen LogP contribution in [0.15, 0.2) is 53.4 Å². The van der Waals surface area contributed by atoms with Gasteiger partial charge in [0.1, 0.15) is 5.82 Å². The van der Waals surface area contributed by atoms with Gasteiger partial charge in [0.25, 0.3) is 5.91 Å². The summed E-state index contributed by atoms with van der Waals surface area (Å²) in [6.45, 7) is 1.39. The van der Waals surface area contributed by atoms with Gasteiger partial charge in [-0.2, -0.15) is 4.31 Å². The van der Waals surface area contributed by atoms with Crippen molar-refractivity contribution in [1.82, 2.24) is 15.2 Å². The third kappa shape index (κ3) is 6.14. The first-order valence-electron chi connectivity index (χ1n) is 8.53. The van der Waals surface area contributed by atoms with Gasteiger partial charge in [0.2, 0.25) is 15.9 Å². The molecular formula is C19H22FN3O4S. The van der Waals surface area contributed by atoms with Crippen molar-refractivity contribution in [2.24, 2.45) is 0 Å². The van der Waals surface area contributed by atoms with E-state index in [1.807, 2.05) is 6.92 Å². The zero-order valence-electron chi connectivity index (χ0n) is 15.6. The fraction of sp³-hybridized carbons (Fsp3) is 0.263. The Balaban J connectivity index is 1.80. The summed E-state index contributed by atoms with van der Waals surface area (Å²) >= 11 is 0. The highest BCUT2D eigenvalue weighted by Gasteiger charge is 2.22. The summed E-state index contributed by atoms with van der Waals surface area (Å²) in [4.78, 5) is 23.8. The second kappa shape index (κ2) is 9.43. The second-order valence-electron chi connectivity index (χ2n) is 6.30. The summed E-state index contributed by atoms with van der Waals surface area (Å²) in [6, 6.07) is 12.0. The fourth-order valence-corrected chi connectivity index (χ4v) is 3.45. The monoisotopic (exact) mass is 407 g/mol. The lowest BCUT2D eigenvalue weighted by atomic mass is 10.1. The predicted molar refractivity (Wildman–Crippen MR) is 102 cm³/mol. The third-order valence-electron chi connectivity index (χ3n) is 3.99. The summed E-state index contributed by atoms with van der Waals surface area (Å²) in [5, 5.41) is 0. The van der Waals surface area contributed by atoms with E-state index in [1.165, 1.54) is 31.3 Å². The van der Waals surface area contributed by atoms with E-state index >= 15 is 0 Å². The summed E-state index contributed by atoms with van der Waals surface area (Å²) in [7, 11) is -2.53. The van der Waals surface area contributed by atoms with Gasteiger partial charge in [0.05, 0.1) is 11.4 Å². The standard InChI is InChI=1S/C19H22FN3O4S/c1-14-3-10-17(11-4-14)28(26,27)23(2)13-19(25)22-21-18(24)12-7-15-5-8-16(20)9-6-15/h3-6,8-11H,7,12-13H2,1-2H3,(H,21,24)(H,22,25). The molecule has 0 saturated carbocycles. The Morgan fingerprint density at radius 2 is 1.54 bits per heavy atom. The minimum absolute atomic E-state index is 0.0803. The number of rotatable bonds is 7. The summed E-state index contributed by atoms with van der Waals surface area (Å²) in [6.07, 6.45) is 0.465. The summed E-state index contributed by atoms with van der Waals surface area (Å²) < 4.78 is 38.6. The molecule has 0 aliphatic rings. The lowest BCUT2D eigenvalue weighted by Crippen LogP contribution is -2.46. The van der Waals surface area contributed by atoms with Gasteiger partial charge in [-0.1, -0.05) is 29.8 Å². The molecule has 0 spiro atoms. The van der Waals surface area contributed by atoms with Crippen LogP contribution in [0.25, 0.3) is 0 Å². The Bertz CT molecular complexity index is 929. The van der Waals surface area contributed by atoms with Crippen LogP contribution < -0.4 is 10.9 Å². The molecule has 0 saturated heterocycles. The Morgan fingerprint density at radius 1 is 0.964 bits per heavy atom. The minimum Gasteiger partial charge on any atom is -0.273 e. The van der Waals surface area contributed by atoms with E-state index in [-0.39, 0.29) is 17.1 Å². The molecule has 2 aromatic carbocycles. The van der Waals surface area contributed by atoms with E-state index in [0.29, 0.717) is 6.42 Å². The number of hydrazine groups is 1. The molecule has 0 aliphatic heterocycles. The Kier molecular flexibility index (Phi) is 7.24. The predicted octanol–water partition coefficient (Wildman–Crippen LogP) is 1.53. The van der Waals surface area contributed by atoms with E-state index in [1.54, 1.807) is 24.3 Å². The average molecular weight is 407 g/mol. The van der Waals surface area contributed by atoms with Crippen molar-refractivity contribution < 1.29 is 22.4 Å². The molecule has 0 atom stereocenters. The molecule has 0 aliphatic carbocycles. The average Bonchev–Trinajstić information content (AvgIpc) is 2.66. The van der Waals surface area contributed by atoms with Gasteiger partial charge in [-0.15, -0.1) is 0 Å². The van der Waals surface area contributed by atoms with Crippen molar-refractivity contribution in [1.29, 1.82) is 0 Å². The topological polar surface area (TPSA) is 95.6 Å². The largest absolute Gasteiger partial charge is 0.273 e. The number of nitrogens with one attached hydrogen (secondary N) is 2. The fourth-order valence-electron chi connectivity index (χ4n) is 2.33. The number of sulfonamides is 1. The van der Waals surface area contributed by atoms with Crippen LogP contribution in [0.4, 0.5) is 4.39 Å². The lowest BCUT2D eigenvalue weighted by Gasteiger charge is -2.17. The van der Waals surface area contributed by atoms with Gasteiger partial charge in [0, 0.05) is 13.5 Å². The van der Waals surface area contributed by atoms with Crippen LogP contribution in [0, 0.1) is 12.7 Å². The van der Waals surface area contributed by atoms with E-state index < -0.39 is 28.4 Å². The van der Waals surface area contributed by atoms with Crippen LogP contribution >= 0.6 is 0 Å². The molecule has 2 amide bonds. The molecule has 150 valence electrons. The van der Waals surface area contributed by atoms with Crippen LogP contribution in [-0.4, -0.2) is 38.1 Å². The number of amides is 2. The van der Waals surface area contributed by atoms with Gasteiger partial charge >= 0.3 is 0 Å². The second-order valence-corrected chi connectivity index (χ2v) is 8.34. The first-order valence-corrected chi connectivity index (χ1v) is 9.97. The normalized spacial score (nSPS) is 11.3. The lowest BCUT2D eigenvalue weighted by molar-refractivity contribution is -0.128. The molecule has 0 bridgehead atoms. The number of aryl methyl sites for hydroxylation is 2. The van der Waals surface area contributed by atoms with Crippen molar-refractivity contribution >= 4 is 21.8 Å². The maximum atomic E-state index is 12.8. The highest BCUT2D eigenvalue weighted by molar-refractivity contribution is 7.89. The van der Waals surface area contributed by atoms with Crippen LogP contribution in [0.2, 0.25) is 0 Å². The molecule has 2 rings (SSSR count). The number of nitrogens with zero attached hydrogens (tertiary/aromatic N) is 1.